The van der Waals surface area contributed by atoms with Crippen LogP contribution in [0.5, 0.6) is 0 Å². The second kappa shape index (κ2) is 4.49. The fourth-order valence-corrected chi connectivity index (χ4v) is 1.52. The molecule has 0 fully saturated rings. The highest BCUT2D eigenvalue weighted by Gasteiger charge is 1.99. The summed E-state index contributed by atoms with van der Waals surface area (Å²) in [5.41, 5.74) is 3.51. The number of benzene rings is 1. The van der Waals surface area contributed by atoms with Crippen LogP contribution >= 0.6 is 11.6 Å². The first-order chi connectivity index (χ1) is 7.65. The van der Waals surface area contributed by atoms with Crippen molar-refractivity contribution in [3.05, 3.63) is 46.9 Å². The van der Waals surface area contributed by atoms with Crippen LogP contribution < -0.4 is 5.32 Å². The molecule has 0 saturated carbocycles. The van der Waals surface area contributed by atoms with Gasteiger partial charge in [-0.3, -0.25) is 0 Å². The molecule has 0 bridgehead atoms. The average Bonchev–Trinajstić information content (AvgIpc) is 2.24. The Morgan fingerprint density at radius 1 is 1.06 bits per heavy atom. The normalized spacial score (nSPS) is 10.2. The number of rotatable bonds is 2. The largest absolute Gasteiger partial charge is 0.340 e. The first kappa shape index (κ1) is 10.9. The van der Waals surface area contributed by atoms with Crippen LogP contribution in [-0.2, 0) is 0 Å². The Morgan fingerprint density at radius 2 is 1.88 bits per heavy atom. The van der Waals surface area contributed by atoms with Crippen molar-refractivity contribution in [2.75, 3.05) is 5.32 Å². The van der Waals surface area contributed by atoms with Crippen LogP contribution in [0.15, 0.2) is 30.6 Å². The molecule has 1 aromatic heterocycles. The van der Waals surface area contributed by atoms with E-state index in [1.54, 1.807) is 6.07 Å². The minimum atomic E-state index is 0.432. The van der Waals surface area contributed by atoms with Crippen molar-refractivity contribution in [1.29, 1.82) is 0 Å². The van der Waals surface area contributed by atoms with Crippen LogP contribution in [0.3, 0.4) is 0 Å². The highest BCUT2D eigenvalue weighted by atomic mass is 35.5. The lowest BCUT2D eigenvalue weighted by Gasteiger charge is -2.07. The number of hydrogen-bond acceptors (Lipinski definition) is 3. The van der Waals surface area contributed by atoms with Crippen LogP contribution in [-0.4, -0.2) is 9.97 Å². The molecule has 0 aliphatic carbocycles. The van der Waals surface area contributed by atoms with Crippen molar-refractivity contribution in [2.24, 2.45) is 0 Å². The van der Waals surface area contributed by atoms with Gasteiger partial charge in [0.05, 0.1) is 0 Å². The molecule has 1 N–H and O–H groups in total. The Hall–Kier alpha value is -1.61. The number of aromatic nitrogens is 2. The topological polar surface area (TPSA) is 37.8 Å². The zero-order chi connectivity index (χ0) is 11.5. The van der Waals surface area contributed by atoms with E-state index in [1.807, 2.05) is 6.07 Å². The molecule has 82 valence electrons. The third-order valence-corrected chi connectivity index (χ3v) is 2.62. The summed E-state index contributed by atoms with van der Waals surface area (Å²) in [4.78, 5) is 7.91. The van der Waals surface area contributed by atoms with Crippen molar-refractivity contribution in [3.8, 4) is 0 Å². The molecule has 0 spiro atoms. The Bertz CT molecular complexity index is 511. The van der Waals surface area contributed by atoms with Gasteiger partial charge in [-0.2, -0.15) is 0 Å². The van der Waals surface area contributed by atoms with Gasteiger partial charge in [-0.25, -0.2) is 9.97 Å². The molecule has 4 heteroatoms. The van der Waals surface area contributed by atoms with E-state index in [0.29, 0.717) is 11.0 Å². The molecule has 0 atom stereocenters. The van der Waals surface area contributed by atoms with Crippen LogP contribution in [0.2, 0.25) is 5.15 Å². The van der Waals surface area contributed by atoms with E-state index >= 15 is 0 Å². The number of hydrogen-bond donors (Lipinski definition) is 1. The highest BCUT2D eigenvalue weighted by molar-refractivity contribution is 6.29. The van der Waals surface area contributed by atoms with Crippen molar-refractivity contribution in [3.63, 3.8) is 0 Å². The summed E-state index contributed by atoms with van der Waals surface area (Å²) >= 11 is 5.78. The molecule has 2 aromatic rings. The molecule has 0 radical (unpaired) electrons. The zero-order valence-corrected chi connectivity index (χ0v) is 9.92. The van der Waals surface area contributed by atoms with Gasteiger partial charge in [0.1, 0.15) is 17.3 Å². The average molecular weight is 234 g/mol. The van der Waals surface area contributed by atoms with E-state index in [9.17, 15) is 0 Å². The summed E-state index contributed by atoms with van der Waals surface area (Å²) in [6.45, 7) is 4.16. The summed E-state index contributed by atoms with van der Waals surface area (Å²) in [7, 11) is 0. The van der Waals surface area contributed by atoms with Gasteiger partial charge in [-0.1, -0.05) is 17.7 Å². The Kier molecular flexibility index (Phi) is 3.06. The third-order valence-electron chi connectivity index (χ3n) is 2.41. The van der Waals surface area contributed by atoms with Crippen LogP contribution in [0.25, 0.3) is 0 Å². The Balaban J connectivity index is 2.24. The number of anilines is 2. The summed E-state index contributed by atoms with van der Waals surface area (Å²) < 4.78 is 0. The van der Waals surface area contributed by atoms with E-state index in [1.165, 1.54) is 17.5 Å². The predicted molar refractivity (Wildman–Crippen MR) is 66.2 cm³/mol. The minimum Gasteiger partial charge on any atom is -0.340 e. The number of aryl methyl sites for hydroxylation is 2. The molecule has 1 aromatic carbocycles. The molecule has 16 heavy (non-hydrogen) atoms. The van der Waals surface area contributed by atoms with Gasteiger partial charge >= 0.3 is 0 Å². The van der Waals surface area contributed by atoms with Gasteiger partial charge in [-0.15, -0.1) is 0 Å². The van der Waals surface area contributed by atoms with Gasteiger partial charge < -0.3 is 5.32 Å². The van der Waals surface area contributed by atoms with Gasteiger partial charge in [-0.05, 0) is 37.1 Å². The molecule has 3 nitrogen and oxygen atoms in total. The maximum absolute atomic E-state index is 5.78. The summed E-state index contributed by atoms with van der Waals surface area (Å²) in [5, 5.41) is 3.61. The molecule has 2 rings (SSSR count). The quantitative estimate of drug-likeness (QED) is 0.807. The molecule has 1 heterocycles. The maximum atomic E-state index is 5.78. The first-order valence-corrected chi connectivity index (χ1v) is 5.35. The van der Waals surface area contributed by atoms with E-state index in [0.717, 1.165) is 5.69 Å². The van der Waals surface area contributed by atoms with Crippen LogP contribution in [0.1, 0.15) is 11.1 Å². The lowest BCUT2D eigenvalue weighted by molar-refractivity contribution is 1.17. The highest BCUT2D eigenvalue weighted by Crippen LogP contribution is 2.19. The summed E-state index contributed by atoms with van der Waals surface area (Å²) in [6, 6.07) is 7.85. The SMILES string of the molecule is Cc1ccc(Nc2cc(Cl)ncn2)cc1C. The van der Waals surface area contributed by atoms with Gasteiger partial charge in [0, 0.05) is 11.8 Å². The predicted octanol–water partition coefficient (Wildman–Crippen LogP) is 3.49. The monoisotopic (exact) mass is 233 g/mol. The lowest BCUT2D eigenvalue weighted by atomic mass is 10.1. The number of nitrogens with one attached hydrogen (secondary N) is 1. The second-order valence-corrected chi connectivity index (χ2v) is 4.04. The minimum absolute atomic E-state index is 0.432. The molecular weight excluding hydrogens is 222 g/mol. The summed E-state index contributed by atoms with van der Waals surface area (Å²) in [5.74, 6) is 0.697. The first-order valence-electron chi connectivity index (χ1n) is 4.97. The standard InChI is InChI=1S/C12H12ClN3/c1-8-3-4-10(5-9(8)2)16-12-6-11(13)14-7-15-12/h3-7H,1-2H3,(H,14,15,16). The lowest BCUT2D eigenvalue weighted by Crippen LogP contribution is -1.95. The number of nitrogens with zero attached hydrogens (tertiary/aromatic N) is 2. The molecule has 0 saturated heterocycles. The molecule has 0 amide bonds. The Morgan fingerprint density at radius 3 is 2.56 bits per heavy atom. The van der Waals surface area contributed by atoms with E-state index in [2.05, 4.69) is 41.3 Å². The second-order valence-electron chi connectivity index (χ2n) is 3.65. The van der Waals surface area contributed by atoms with Crippen molar-refractivity contribution in [1.82, 2.24) is 9.97 Å². The van der Waals surface area contributed by atoms with E-state index in [4.69, 9.17) is 11.6 Å². The van der Waals surface area contributed by atoms with Crippen LogP contribution in [0, 0.1) is 13.8 Å². The maximum Gasteiger partial charge on any atom is 0.135 e. The fourth-order valence-electron chi connectivity index (χ4n) is 1.37. The molecule has 0 aliphatic heterocycles. The zero-order valence-electron chi connectivity index (χ0n) is 9.16. The fraction of sp³-hybridized carbons (Fsp3) is 0.167. The van der Waals surface area contributed by atoms with E-state index in [-0.39, 0.29) is 0 Å². The van der Waals surface area contributed by atoms with Gasteiger partial charge in [0.15, 0.2) is 0 Å². The van der Waals surface area contributed by atoms with Gasteiger partial charge in [0.25, 0.3) is 0 Å². The van der Waals surface area contributed by atoms with Crippen LogP contribution in [0.4, 0.5) is 11.5 Å². The van der Waals surface area contributed by atoms with Crippen molar-refractivity contribution in [2.45, 2.75) is 13.8 Å². The number of halogens is 1. The summed E-state index contributed by atoms with van der Waals surface area (Å²) in [6.07, 6.45) is 1.44. The van der Waals surface area contributed by atoms with Crippen molar-refractivity contribution >= 4 is 23.1 Å². The third kappa shape index (κ3) is 2.49. The van der Waals surface area contributed by atoms with Crippen molar-refractivity contribution < 1.29 is 0 Å². The smallest absolute Gasteiger partial charge is 0.135 e. The van der Waals surface area contributed by atoms with Gasteiger partial charge in [0.2, 0.25) is 0 Å². The Labute approximate surface area is 99.5 Å². The van der Waals surface area contributed by atoms with E-state index < -0.39 is 0 Å². The molecule has 0 unspecified atom stereocenters. The molecular formula is C12H12ClN3. The molecule has 0 aliphatic rings.